The van der Waals surface area contributed by atoms with Crippen LogP contribution in [0.1, 0.15) is 41.7 Å². The zero-order chi connectivity index (χ0) is 15.1. The maximum absolute atomic E-state index is 12.6. The fourth-order valence-electron chi connectivity index (χ4n) is 3.49. The molecule has 2 aromatic rings. The van der Waals surface area contributed by atoms with Crippen LogP contribution in [0.5, 0.6) is 5.75 Å². The molecule has 0 saturated heterocycles. The third-order valence-electron chi connectivity index (χ3n) is 4.56. The van der Waals surface area contributed by atoms with Gasteiger partial charge in [0.2, 0.25) is 0 Å². The average molecular weight is 297 g/mol. The van der Waals surface area contributed by atoms with Gasteiger partial charge in [-0.25, -0.2) is 0 Å². The molecule has 5 nitrogen and oxygen atoms in total. The van der Waals surface area contributed by atoms with Gasteiger partial charge in [-0.1, -0.05) is 25.0 Å². The summed E-state index contributed by atoms with van der Waals surface area (Å²) in [5.41, 5.74) is 3.37. The summed E-state index contributed by atoms with van der Waals surface area (Å²) >= 11 is 0. The minimum atomic E-state index is -0.0771. The molecule has 1 aromatic heterocycles. The van der Waals surface area contributed by atoms with Crippen LogP contribution in [-0.2, 0) is 13.7 Å². The van der Waals surface area contributed by atoms with Crippen LogP contribution in [0.2, 0.25) is 0 Å². The molecule has 22 heavy (non-hydrogen) atoms. The summed E-state index contributed by atoms with van der Waals surface area (Å²) in [6, 6.07) is 8.18. The van der Waals surface area contributed by atoms with Gasteiger partial charge in [-0.2, -0.15) is 5.10 Å². The van der Waals surface area contributed by atoms with Crippen molar-refractivity contribution < 1.29 is 9.53 Å². The maximum Gasteiger partial charge on any atom is 0.272 e. The van der Waals surface area contributed by atoms with E-state index in [4.69, 9.17) is 4.74 Å². The summed E-state index contributed by atoms with van der Waals surface area (Å²) in [7, 11) is 1.88. The molecule has 5 heteroatoms. The number of rotatable bonds is 2. The number of hydrogen-bond acceptors (Lipinski definition) is 3. The van der Waals surface area contributed by atoms with Crippen molar-refractivity contribution in [3.8, 4) is 17.0 Å². The molecule has 114 valence electrons. The van der Waals surface area contributed by atoms with Crippen LogP contribution in [0, 0.1) is 0 Å². The van der Waals surface area contributed by atoms with Crippen LogP contribution in [0.4, 0.5) is 0 Å². The molecule has 0 atom stereocenters. The van der Waals surface area contributed by atoms with Crippen LogP contribution < -0.4 is 10.1 Å². The first kappa shape index (κ1) is 13.4. The number of carbonyl (C=O) groups excluding carboxylic acids is 1. The van der Waals surface area contributed by atoms with Crippen molar-refractivity contribution >= 4 is 5.91 Å². The Hall–Kier alpha value is -2.30. The van der Waals surface area contributed by atoms with Crippen molar-refractivity contribution in [1.82, 2.24) is 15.1 Å². The van der Waals surface area contributed by atoms with Crippen molar-refractivity contribution in [2.24, 2.45) is 7.05 Å². The van der Waals surface area contributed by atoms with Gasteiger partial charge in [-0.05, 0) is 25.0 Å². The van der Waals surface area contributed by atoms with Crippen molar-refractivity contribution in [1.29, 1.82) is 0 Å². The molecule has 1 aliphatic carbocycles. The van der Waals surface area contributed by atoms with Gasteiger partial charge in [-0.15, -0.1) is 0 Å². The number of carbonyl (C=O) groups is 1. The highest BCUT2D eigenvalue weighted by Crippen LogP contribution is 2.38. The fourth-order valence-corrected chi connectivity index (χ4v) is 3.49. The smallest absolute Gasteiger partial charge is 0.272 e. The van der Waals surface area contributed by atoms with Crippen molar-refractivity contribution in [2.75, 3.05) is 0 Å². The van der Waals surface area contributed by atoms with Gasteiger partial charge in [0.25, 0.3) is 5.91 Å². The molecule has 1 aromatic carbocycles. The van der Waals surface area contributed by atoms with Crippen molar-refractivity contribution in [3.63, 3.8) is 0 Å². The zero-order valence-corrected chi connectivity index (χ0v) is 12.6. The highest BCUT2D eigenvalue weighted by Gasteiger charge is 2.29. The van der Waals surface area contributed by atoms with Gasteiger partial charge in [0.1, 0.15) is 12.4 Å². The predicted molar refractivity (Wildman–Crippen MR) is 82.7 cm³/mol. The third-order valence-corrected chi connectivity index (χ3v) is 4.56. The Balaban J connectivity index is 1.70. The lowest BCUT2D eigenvalue weighted by molar-refractivity contribution is 0.0929. The molecule has 1 fully saturated rings. The first-order valence-corrected chi connectivity index (χ1v) is 7.83. The third kappa shape index (κ3) is 2.08. The molecule has 2 aliphatic rings. The maximum atomic E-state index is 12.6. The van der Waals surface area contributed by atoms with Gasteiger partial charge in [0.15, 0.2) is 5.69 Å². The second-order valence-electron chi connectivity index (χ2n) is 6.04. The Morgan fingerprint density at radius 3 is 2.91 bits per heavy atom. The van der Waals surface area contributed by atoms with E-state index in [1.165, 1.54) is 12.8 Å². The summed E-state index contributed by atoms with van der Waals surface area (Å²) in [5, 5.41) is 7.57. The zero-order valence-electron chi connectivity index (χ0n) is 12.6. The van der Waals surface area contributed by atoms with Crippen LogP contribution in [0.15, 0.2) is 24.3 Å². The van der Waals surface area contributed by atoms with Crippen LogP contribution >= 0.6 is 0 Å². The molecule has 4 rings (SSSR count). The number of nitrogens with one attached hydrogen (secondary N) is 1. The summed E-state index contributed by atoms with van der Waals surface area (Å²) in [5.74, 6) is 0.771. The molecule has 2 heterocycles. The number of ether oxygens (including phenoxy) is 1. The summed E-state index contributed by atoms with van der Waals surface area (Å²) in [6.45, 7) is 0.396. The Kier molecular flexibility index (Phi) is 3.13. The molecule has 1 aliphatic heterocycles. The lowest BCUT2D eigenvalue weighted by Gasteiger charge is -2.19. The second kappa shape index (κ2) is 5.16. The summed E-state index contributed by atoms with van der Waals surface area (Å²) in [6.07, 6.45) is 4.53. The number of fused-ring (bicyclic) bond motifs is 3. The Bertz CT molecular complexity index is 730. The van der Waals surface area contributed by atoms with Gasteiger partial charge < -0.3 is 10.1 Å². The number of aryl methyl sites for hydroxylation is 1. The molecule has 0 radical (unpaired) electrons. The molecule has 1 amide bonds. The molecular formula is C17H19N3O2. The first-order chi connectivity index (χ1) is 10.7. The topological polar surface area (TPSA) is 56.2 Å². The summed E-state index contributed by atoms with van der Waals surface area (Å²) in [4.78, 5) is 12.6. The van der Waals surface area contributed by atoms with Crippen LogP contribution in [0.3, 0.4) is 0 Å². The minimum Gasteiger partial charge on any atom is -0.488 e. The van der Waals surface area contributed by atoms with Crippen molar-refractivity contribution in [2.45, 2.75) is 38.3 Å². The lowest BCUT2D eigenvalue weighted by Crippen LogP contribution is -2.33. The van der Waals surface area contributed by atoms with Gasteiger partial charge in [-0.3, -0.25) is 9.48 Å². The Morgan fingerprint density at radius 1 is 1.32 bits per heavy atom. The van der Waals surface area contributed by atoms with Gasteiger partial charge in [0, 0.05) is 24.2 Å². The van der Waals surface area contributed by atoms with E-state index in [0.717, 1.165) is 35.4 Å². The number of nitrogens with zero attached hydrogens (tertiary/aromatic N) is 2. The number of hydrogen-bond donors (Lipinski definition) is 1. The fraction of sp³-hybridized carbons (Fsp3) is 0.412. The first-order valence-electron chi connectivity index (χ1n) is 7.83. The Morgan fingerprint density at radius 2 is 2.09 bits per heavy atom. The lowest BCUT2D eigenvalue weighted by atomic mass is 10.0. The summed E-state index contributed by atoms with van der Waals surface area (Å²) < 4.78 is 7.58. The van der Waals surface area contributed by atoms with E-state index in [9.17, 15) is 4.79 Å². The molecule has 0 spiro atoms. The highest BCUT2D eigenvalue weighted by atomic mass is 16.5. The predicted octanol–water partition coefficient (Wildman–Crippen LogP) is 2.65. The van der Waals surface area contributed by atoms with E-state index in [1.54, 1.807) is 4.68 Å². The molecule has 1 N–H and O–H groups in total. The SMILES string of the molecule is Cn1nc(C(=O)NC2CCCC2)c2c1-c1ccccc1OC2. The van der Waals surface area contributed by atoms with Gasteiger partial charge in [0.05, 0.1) is 5.69 Å². The van der Waals surface area contributed by atoms with E-state index in [2.05, 4.69) is 10.4 Å². The van der Waals surface area contributed by atoms with E-state index >= 15 is 0 Å². The minimum absolute atomic E-state index is 0.0771. The number of amides is 1. The molecule has 0 bridgehead atoms. The molecule has 1 saturated carbocycles. The highest BCUT2D eigenvalue weighted by molar-refractivity contribution is 5.96. The average Bonchev–Trinajstić information content (AvgIpc) is 3.15. The number of aromatic nitrogens is 2. The van der Waals surface area contributed by atoms with E-state index in [1.807, 2.05) is 31.3 Å². The van der Waals surface area contributed by atoms with Crippen molar-refractivity contribution in [3.05, 3.63) is 35.5 Å². The van der Waals surface area contributed by atoms with Crippen LogP contribution in [-0.4, -0.2) is 21.7 Å². The quantitative estimate of drug-likeness (QED) is 0.927. The number of benzene rings is 1. The standard InChI is InChI=1S/C17H19N3O2/c1-20-16-12-8-4-5-9-14(12)22-10-13(16)15(19-20)17(21)18-11-6-2-3-7-11/h4-5,8-9,11H,2-3,6-7,10H2,1H3,(H,18,21). The van der Waals surface area contributed by atoms with E-state index in [0.29, 0.717) is 18.3 Å². The van der Waals surface area contributed by atoms with E-state index < -0.39 is 0 Å². The Labute approximate surface area is 129 Å². The number of para-hydroxylation sites is 1. The van der Waals surface area contributed by atoms with Gasteiger partial charge >= 0.3 is 0 Å². The normalized spacial score (nSPS) is 16.8. The molecule has 0 unspecified atom stereocenters. The second-order valence-corrected chi connectivity index (χ2v) is 6.04. The molecular weight excluding hydrogens is 278 g/mol. The largest absolute Gasteiger partial charge is 0.488 e. The van der Waals surface area contributed by atoms with E-state index in [-0.39, 0.29) is 5.91 Å². The van der Waals surface area contributed by atoms with Crippen LogP contribution in [0.25, 0.3) is 11.3 Å². The monoisotopic (exact) mass is 297 g/mol.